The van der Waals surface area contributed by atoms with E-state index in [1.165, 1.54) is 13.3 Å². The third kappa shape index (κ3) is 2.77. The van der Waals surface area contributed by atoms with E-state index in [9.17, 15) is 9.59 Å². The number of nitrogens with zero attached hydrogens (tertiary/aromatic N) is 1. The Labute approximate surface area is 110 Å². The quantitative estimate of drug-likeness (QED) is 0.846. The van der Waals surface area contributed by atoms with E-state index in [0.29, 0.717) is 5.56 Å². The van der Waals surface area contributed by atoms with Crippen LogP contribution in [0.15, 0.2) is 42.6 Å². The van der Waals surface area contributed by atoms with Crippen LogP contribution in [0.4, 0.5) is 0 Å². The molecular formula is C14H12N2O3. The van der Waals surface area contributed by atoms with E-state index in [1.807, 2.05) is 0 Å². The summed E-state index contributed by atoms with van der Waals surface area (Å²) in [6.07, 6.45) is 1.52. The number of carbonyl (C=O) groups excluding carboxylic acids is 2. The molecule has 2 aromatic rings. The Morgan fingerprint density at radius 1 is 1.11 bits per heavy atom. The highest BCUT2D eigenvalue weighted by Gasteiger charge is 2.07. The molecule has 0 radical (unpaired) electrons. The summed E-state index contributed by atoms with van der Waals surface area (Å²) >= 11 is 0. The number of nitrogens with two attached hydrogens (primary N) is 1. The molecule has 0 saturated heterocycles. The Hall–Kier alpha value is -2.69. The van der Waals surface area contributed by atoms with Crippen LogP contribution in [0, 0.1) is 0 Å². The molecule has 0 aliphatic heterocycles. The minimum atomic E-state index is -0.576. The number of pyridine rings is 1. The van der Waals surface area contributed by atoms with Crippen LogP contribution in [-0.4, -0.2) is 24.0 Å². The number of ether oxygens (including phenoxy) is 1. The number of esters is 1. The average molecular weight is 256 g/mol. The Bertz CT molecular complexity index is 621. The van der Waals surface area contributed by atoms with Crippen molar-refractivity contribution >= 4 is 11.9 Å². The molecule has 5 nitrogen and oxygen atoms in total. The lowest BCUT2D eigenvalue weighted by atomic mass is 10.0. The zero-order chi connectivity index (χ0) is 13.8. The van der Waals surface area contributed by atoms with Crippen molar-refractivity contribution in [3.8, 4) is 11.1 Å². The normalized spacial score (nSPS) is 9.95. The number of carbonyl (C=O) groups is 2. The van der Waals surface area contributed by atoms with Gasteiger partial charge in [-0.05, 0) is 35.4 Å². The van der Waals surface area contributed by atoms with Gasteiger partial charge in [0.05, 0.1) is 12.7 Å². The van der Waals surface area contributed by atoms with Crippen LogP contribution in [0.25, 0.3) is 11.1 Å². The second-order valence-corrected chi connectivity index (χ2v) is 3.86. The molecule has 0 aliphatic rings. The van der Waals surface area contributed by atoms with E-state index in [4.69, 9.17) is 5.73 Å². The van der Waals surface area contributed by atoms with Crippen LogP contribution >= 0.6 is 0 Å². The minimum absolute atomic E-state index is 0.203. The average Bonchev–Trinajstić information content (AvgIpc) is 2.46. The number of methoxy groups -OCH3 is 1. The molecule has 2 rings (SSSR count). The highest BCUT2D eigenvalue weighted by Crippen LogP contribution is 2.20. The number of hydrogen-bond donors (Lipinski definition) is 1. The lowest BCUT2D eigenvalue weighted by molar-refractivity contribution is 0.0600. The van der Waals surface area contributed by atoms with E-state index in [-0.39, 0.29) is 11.7 Å². The van der Waals surface area contributed by atoms with Gasteiger partial charge in [-0.3, -0.25) is 9.78 Å². The summed E-state index contributed by atoms with van der Waals surface area (Å²) in [7, 11) is 1.33. The first-order valence-electron chi connectivity index (χ1n) is 5.56. The minimum Gasteiger partial charge on any atom is -0.465 e. The van der Waals surface area contributed by atoms with Gasteiger partial charge in [0.2, 0.25) is 0 Å². The maximum atomic E-state index is 11.3. The Morgan fingerprint density at radius 3 is 2.37 bits per heavy atom. The van der Waals surface area contributed by atoms with Gasteiger partial charge in [0.25, 0.3) is 5.91 Å². The van der Waals surface area contributed by atoms with Gasteiger partial charge in [0, 0.05) is 6.20 Å². The van der Waals surface area contributed by atoms with Gasteiger partial charge in [-0.2, -0.15) is 0 Å². The summed E-state index contributed by atoms with van der Waals surface area (Å²) in [5, 5.41) is 0. The molecule has 1 heterocycles. The molecule has 2 N–H and O–H groups in total. The van der Waals surface area contributed by atoms with Crippen molar-refractivity contribution in [2.45, 2.75) is 0 Å². The fourth-order valence-corrected chi connectivity index (χ4v) is 1.66. The number of amides is 1. The number of rotatable bonds is 3. The highest BCUT2D eigenvalue weighted by molar-refractivity contribution is 5.92. The number of aromatic nitrogens is 1. The highest BCUT2D eigenvalue weighted by atomic mass is 16.5. The number of hydrogen-bond acceptors (Lipinski definition) is 4. The first kappa shape index (κ1) is 12.8. The van der Waals surface area contributed by atoms with Crippen LogP contribution < -0.4 is 5.73 Å². The van der Waals surface area contributed by atoms with Gasteiger partial charge in [-0.15, -0.1) is 0 Å². The molecule has 1 amide bonds. The molecule has 0 saturated carbocycles. The smallest absolute Gasteiger partial charge is 0.337 e. The molecule has 0 bridgehead atoms. The zero-order valence-electron chi connectivity index (χ0n) is 10.3. The SMILES string of the molecule is COC(=O)c1ccc(-c2ccnc(C(N)=O)c2)cc1. The van der Waals surface area contributed by atoms with Crippen LogP contribution in [0.3, 0.4) is 0 Å². The third-order valence-electron chi connectivity index (χ3n) is 2.65. The van der Waals surface area contributed by atoms with Crippen molar-refractivity contribution in [3.63, 3.8) is 0 Å². The van der Waals surface area contributed by atoms with Crippen molar-refractivity contribution in [3.05, 3.63) is 53.9 Å². The predicted molar refractivity (Wildman–Crippen MR) is 69.5 cm³/mol. The van der Waals surface area contributed by atoms with E-state index in [2.05, 4.69) is 9.72 Å². The molecule has 0 unspecified atom stereocenters. The number of benzene rings is 1. The van der Waals surface area contributed by atoms with Crippen molar-refractivity contribution < 1.29 is 14.3 Å². The molecule has 5 heteroatoms. The molecule has 0 aliphatic carbocycles. The third-order valence-corrected chi connectivity index (χ3v) is 2.65. The fraction of sp³-hybridized carbons (Fsp3) is 0.0714. The van der Waals surface area contributed by atoms with Crippen LogP contribution in [0.2, 0.25) is 0 Å². The maximum Gasteiger partial charge on any atom is 0.337 e. The number of primary amides is 1. The van der Waals surface area contributed by atoms with E-state index >= 15 is 0 Å². The topological polar surface area (TPSA) is 82.3 Å². The van der Waals surface area contributed by atoms with Gasteiger partial charge in [-0.25, -0.2) is 4.79 Å². The largest absolute Gasteiger partial charge is 0.465 e. The molecule has 0 spiro atoms. The summed E-state index contributed by atoms with van der Waals surface area (Å²) in [5.74, 6) is -0.966. The summed E-state index contributed by atoms with van der Waals surface area (Å²) in [6, 6.07) is 10.2. The standard InChI is InChI=1S/C14H12N2O3/c1-19-14(18)10-4-2-9(3-5-10)11-6-7-16-12(8-11)13(15)17/h2-8H,1H3,(H2,15,17). The maximum absolute atomic E-state index is 11.3. The van der Waals surface area contributed by atoms with E-state index < -0.39 is 5.91 Å². The predicted octanol–water partition coefficient (Wildman–Crippen LogP) is 1.63. The molecule has 0 atom stereocenters. The van der Waals surface area contributed by atoms with E-state index in [1.54, 1.807) is 36.4 Å². The zero-order valence-corrected chi connectivity index (χ0v) is 10.3. The first-order valence-corrected chi connectivity index (χ1v) is 5.56. The van der Waals surface area contributed by atoms with Crippen molar-refractivity contribution in [1.82, 2.24) is 4.98 Å². The summed E-state index contributed by atoms with van der Waals surface area (Å²) in [5.41, 5.74) is 7.52. The second kappa shape index (κ2) is 5.30. The van der Waals surface area contributed by atoms with Gasteiger partial charge < -0.3 is 10.5 Å². The molecule has 1 aromatic carbocycles. The van der Waals surface area contributed by atoms with Gasteiger partial charge >= 0.3 is 5.97 Å². The molecule has 1 aromatic heterocycles. The molecule has 19 heavy (non-hydrogen) atoms. The Morgan fingerprint density at radius 2 is 1.79 bits per heavy atom. The van der Waals surface area contributed by atoms with Gasteiger partial charge in [0.1, 0.15) is 5.69 Å². The van der Waals surface area contributed by atoms with Crippen molar-refractivity contribution in [2.24, 2.45) is 5.73 Å². The van der Waals surface area contributed by atoms with Crippen LogP contribution in [-0.2, 0) is 4.74 Å². The Balaban J connectivity index is 2.34. The fourth-order valence-electron chi connectivity index (χ4n) is 1.66. The van der Waals surface area contributed by atoms with Crippen LogP contribution in [0.1, 0.15) is 20.8 Å². The Kier molecular flexibility index (Phi) is 3.56. The van der Waals surface area contributed by atoms with Crippen LogP contribution in [0.5, 0.6) is 0 Å². The monoisotopic (exact) mass is 256 g/mol. The lowest BCUT2D eigenvalue weighted by Crippen LogP contribution is -2.12. The van der Waals surface area contributed by atoms with Gasteiger partial charge in [-0.1, -0.05) is 12.1 Å². The first-order chi connectivity index (χ1) is 9.11. The van der Waals surface area contributed by atoms with Crippen molar-refractivity contribution in [1.29, 1.82) is 0 Å². The summed E-state index contributed by atoms with van der Waals surface area (Å²) in [4.78, 5) is 26.3. The lowest BCUT2D eigenvalue weighted by Gasteiger charge is -2.04. The van der Waals surface area contributed by atoms with E-state index in [0.717, 1.165) is 11.1 Å². The second-order valence-electron chi connectivity index (χ2n) is 3.86. The summed E-state index contributed by atoms with van der Waals surface area (Å²) in [6.45, 7) is 0. The molecular weight excluding hydrogens is 244 g/mol. The molecule has 0 fully saturated rings. The summed E-state index contributed by atoms with van der Waals surface area (Å²) < 4.78 is 4.62. The van der Waals surface area contributed by atoms with Gasteiger partial charge in [0.15, 0.2) is 0 Å². The molecule has 96 valence electrons. The van der Waals surface area contributed by atoms with Crippen molar-refractivity contribution in [2.75, 3.05) is 7.11 Å².